The molecule has 0 saturated carbocycles. The Morgan fingerprint density at radius 2 is 2.12 bits per heavy atom. The first kappa shape index (κ1) is 17.8. The van der Waals surface area contributed by atoms with Crippen molar-refractivity contribution in [2.45, 2.75) is 20.0 Å². The Hall–Kier alpha value is -2.99. The van der Waals surface area contributed by atoms with Crippen molar-refractivity contribution >= 4 is 29.0 Å². The van der Waals surface area contributed by atoms with Crippen LogP contribution in [0, 0.1) is 11.7 Å². The van der Waals surface area contributed by atoms with Crippen molar-refractivity contribution in [2.75, 3.05) is 0 Å². The number of benzene rings is 2. The van der Waals surface area contributed by atoms with E-state index >= 15 is 0 Å². The molecule has 0 atom stereocenters. The van der Waals surface area contributed by atoms with Crippen LogP contribution in [0.25, 0.3) is 10.9 Å². The van der Waals surface area contributed by atoms with Crippen molar-refractivity contribution in [3.8, 4) is 0 Å². The molecular formula is C20H19N3O2S. The zero-order valence-electron chi connectivity index (χ0n) is 14.4. The molecule has 0 bridgehead atoms. The van der Waals surface area contributed by atoms with Crippen LogP contribution in [0.2, 0.25) is 0 Å². The molecule has 5 nitrogen and oxygen atoms in total. The first-order valence-electron chi connectivity index (χ1n) is 8.21. The van der Waals surface area contributed by atoms with Crippen LogP contribution in [-0.4, -0.2) is 15.5 Å². The number of H-pyrrole nitrogens is 1. The number of hydrogen-bond acceptors (Lipinski definition) is 3. The van der Waals surface area contributed by atoms with Gasteiger partial charge in [0.15, 0.2) is 4.77 Å². The lowest BCUT2D eigenvalue weighted by atomic mass is 10.1. The van der Waals surface area contributed by atoms with E-state index in [9.17, 15) is 9.59 Å². The molecule has 6 heteroatoms. The van der Waals surface area contributed by atoms with Gasteiger partial charge in [-0.05, 0) is 42.9 Å². The number of aryl methyl sites for hydroxylation is 1. The minimum atomic E-state index is -0.206. The lowest BCUT2D eigenvalue weighted by Crippen LogP contribution is -2.24. The molecule has 2 aromatic carbocycles. The monoisotopic (exact) mass is 365 g/mol. The molecule has 1 heterocycles. The number of aromatic nitrogens is 2. The topological polar surface area (TPSA) is 66.9 Å². The number of carbonyl (C=O) groups is 1. The average molecular weight is 365 g/mol. The normalized spacial score (nSPS) is 10.7. The first-order chi connectivity index (χ1) is 12.5. The highest BCUT2D eigenvalue weighted by Gasteiger charge is 2.10. The Morgan fingerprint density at radius 1 is 1.31 bits per heavy atom. The highest BCUT2D eigenvalue weighted by atomic mass is 32.1. The highest BCUT2D eigenvalue weighted by Crippen LogP contribution is 2.11. The number of nitrogens with one attached hydrogen (secondary N) is 2. The summed E-state index contributed by atoms with van der Waals surface area (Å²) in [5.74, 6) is -0.206. The van der Waals surface area contributed by atoms with Crippen LogP contribution < -0.4 is 10.9 Å². The summed E-state index contributed by atoms with van der Waals surface area (Å²) in [5, 5.41) is 3.37. The molecule has 0 fully saturated rings. The standard InChI is InChI=1S/C20H19N3O2S/c1-3-9-23-19(25)16-8-7-15(11-17(16)22-20(23)26)18(24)21-12-14-6-4-5-13(2)10-14/h3-8,10-11H,1,9,12H2,2H3,(H,21,24)(H,22,26). The maximum absolute atomic E-state index is 12.5. The maximum atomic E-state index is 12.5. The minimum absolute atomic E-state index is 0.199. The molecule has 3 rings (SSSR count). The molecule has 26 heavy (non-hydrogen) atoms. The van der Waals surface area contributed by atoms with Gasteiger partial charge >= 0.3 is 0 Å². The van der Waals surface area contributed by atoms with Crippen molar-refractivity contribution in [2.24, 2.45) is 0 Å². The SMILES string of the molecule is C=CCn1c(=S)[nH]c2cc(C(=O)NCc3cccc(C)c3)ccc2c1=O. The van der Waals surface area contributed by atoms with E-state index in [4.69, 9.17) is 12.2 Å². The van der Waals surface area contributed by atoms with Crippen LogP contribution in [0.15, 0.2) is 59.9 Å². The summed E-state index contributed by atoms with van der Waals surface area (Å²) in [4.78, 5) is 27.9. The zero-order valence-corrected chi connectivity index (χ0v) is 15.2. The van der Waals surface area contributed by atoms with Gasteiger partial charge in [-0.3, -0.25) is 14.2 Å². The van der Waals surface area contributed by atoms with Gasteiger partial charge in [0.1, 0.15) is 0 Å². The second-order valence-corrected chi connectivity index (χ2v) is 6.45. The molecule has 0 aliphatic heterocycles. The van der Waals surface area contributed by atoms with Gasteiger partial charge in [0, 0.05) is 18.7 Å². The van der Waals surface area contributed by atoms with Crippen LogP contribution in [0.5, 0.6) is 0 Å². The number of aromatic amines is 1. The van der Waals surface area contributed by atoms with Crippen LogP contribution in [0.1, 0.15) is 21.5 Å². The smallest absolute Gasteiger partial charge is 0.262 e. The van der Waals surface area contributed by atoms with Gasteiger partial charge in [-0.2, -0.15) is 0 Å². The van der Waals surface area contributed by atoms with Crippen LogP contribution in [0.4, 0.5) is 0 Å². The van der Waals surface area contributed by atoms with E-state index in [1.807, 2.05) is 31.2 Å². The van der Waals surface area contributed by atoms with Crippen LogP contribution >= 0.6 is 12.2 Å². The van der Waals surface area contributed by atoms with Gasteiger partial charge < -0.3 is 10.3 Å². The predicted molar refractivity (Wildman–Crippen MR) is 106 cm³/mol. The fraction of sp³-hybridized carbons (Fsp3) is 0.150. The van der Waals surface area contributed by atoms with E-state index in [1.54, 1.807) is 24.3 Å². The number of nitrogens with zero attached hydrogens (tertiary/aromatic N) is 1. The van der Waals surface area contributed by atoms with Gasteiger partial charge in [0.2, 0.25) is 0 Å². The quantitative estimate of drug-likeness (QED) is 0.537. The lowest BCUT2D eigenvalue weighted by Gasteiger charge is -2.09. The largest absolute Gasteiger partial charge is 0.348 e. The summed E-state index contributed by atoms with van der Waals surface area (Å²) < 4.78 is 1.74. The second-order valence-electron chi connectivity index (χ2n) is 6.07. The average Bonchev–Trinajstić information content (AvgIpc) is 2.62. The molecule has 132 valence electrons. The van der Waals surface area contributed by atoms with Crippen molar-refractivity contribution in [3.05, 3.63) is 86.9 Å². The summed E-state index contributed by atoms with van der Waals surface area (Å²) in [6, 6.07) is 12.9. The third kappa shape index (κ3) is 3.65. The number of hydrogen-bond donors (Lipinski definition) is 2. The van der Waals surface area contributed by atoms with Crippen molar-refractivity contribution in [1.29, 1.82) is 0 Å². The third-order valence-corrected chi connectivity index (χ3v) is 4.41. The molecule has 0 saturated heterocycles. The molecule has 1 amide bonds. The van der Waals surface area contributed by atoms with E-state index in [0.717, 1.165) is 11.1 Å². The fourth-order valence-electron chi connectivity index (χ4n) is 2.80. The fourth-order valence-corrected chi connectivity index (χ4v) is 3.06. The molecule has 0 aliphatic rings. The molecule has 0 aliphatic carbocycles. The lowest BCUT2D eigenvalue weighted by molar-refractivity contribution is 0.0951. The van der Waals surface area contributed by atoms with Crippen molar-refractivity contribution in [1.82, 2.24) is 14.9 Å². The minimum Gasteiger partial charge on any atom is -0.348 e. The summed E-state index contributed by atoms with van der Waals surface area (Å²) in [6.45, 7) is 6.42. The summed E-state index contributed by atoms with van der Waals surface area (Å²) >= 11 is 5.23. The van der Waals surface area contributed by atoms with Crippen molar-refractivity contribution in [3.63, 3.8) is 0 Å². The van der Waals surface area contributed by atoms with Crippen LogP contribution in [-0.2, 0) is 13.1 Å². The molecule has 3 aromatic rings. The predicted octanol–water partition coefficient (Wildman–Crippen LogP) is 3.48. The Bertz CT molecular complexity index is 1110. The zero-order chi connectivity index (χ0) is 18.7. The van der Waals surface area contributed by atoms with E-state index < -0.39 is 0 Å². The number of amides is 1. The van der Waals surface area contributed by atoms with Crippen molar-refractivity contribution < 1.29 is 4.79 Å². The van der Waals surface area contributed by atoms with Gasteiger partial charge in [-0.15, -0.1) is 6.58 Å². The molecule has 1 aromatic heterocycles. The Balaban J connectivity index is 1.87. The third-order valence-electron chi connectivity index (χ3n) is 4.09. The Labute approximate surface area is 156 Å². The molecule has 0 spiro atoms. The van der Waals surface area contributed by atoms with Crippen LogP contribution in [0.3, 0.4) is 0 Å². The van der Waals surface area contributed by atoms with Gasteiger partial charge in [-0.1, -0.05) is 35.9 Å². The second kappa shape index (κ2) is 7.49. The van der Waals surface area contributed by atoms with Gasteiger partial charge in [0.25, 0.3) is 11.5 Å². The van der Waals surface area contributed by atoms with E-state index in [2.05, 4.69) is 16.9 Å². The molecule has 0 unspecified atom stereocenters. The van der Waals surface area contributed by atoms with E-state index in [1.165, 1.54) is 4.57 Å². The number of fused-ring (bicyclic) bond motifs is 1. The summed E-state index contributed by atoms with van der Waals surface area (Å²) in [5.41, 5.74) is 2.99. The first-order valence-corrected chi connectivity index (χ1v) is 8.62. The number of rotatable bonds is 5. The summed E-state index contributed by atoms with van der Waals surface area (Å²) in [7, 11) is 0. The molecule has 2 N–H and O–H groups in total. The number of allylic oxidation sites excluding steroid dienone is 1. The Kier molecular flexibility index (Phi) is 5.14. The summed E-state index contributed by atoms with van der Waals surface area (Å²) in [6.07, 6.45) is 1.62. The number of carbonyl (C=O) groups excluding carboxylic acids is 1. The highest BCUT2D eigenvalue weighted by molar-refractivity contribution is 7.71. The molecule has 0 radical (unpaired) electrons. The maximum Gasteiger partial charge on any atom is 0.262 e. The Morgan fingerprint density at radius 3 is 2.85 bits per heavy atom. The van der Waals surface area contributed by atoms with E-state index in [-0.39, 0.29) is 11.5 Å². The van der Waals surface area contributed by atoms with E-state index in [0.29, 0.717) is 34.3 Å². The van der Waals surface area contributed by atoms with Gasteiger partial charge in [-0.25, -0.2) is 0 Å². The molecular weight excluding hydrogens is 346 g/mol. The van der Waals surface area contributed by atoms with Gasteiger partial charge in [0.05, 0.1) is 10.9 Å².